The Kier molecular flexibility index (Phi) is 4.68. The van der Waals surface area contributed by atoms with E-state index in [0.717, 1.165) is 21.4 Å². The molecule has 100 valence electrons. The SMILES string of the molecule is CC(NCc1csc([N+](=O)[O-])c1)c1cccc(Br)c1. The van der Waals surface area contributed by atoms with Crippen LogP contribution in [0.15, 0.2) is 40.2 Å². The number of nitro groups is 1. The molecule has 0 aliphatic heterocycles. The smallest absolute Gasteiger partial charge is 0.306 e. The van der Waals surface area contributed by atoms with Crippen LogP contribution >= 0.6 is 27.3 Å². The minimum absolute atomic E-state index is 0.187. The fourth-order valence-electron chi connectivity index (χ4n) is 1.72. The summed E-state index contributed by atoms with van der Waals surface area (Å²) in [5, 5.41) is 16.0. The van der Waals surface area contributed by atoms with E-state index in [9.17, 15) is 10.1 Å². The van der Waals surface area contributed by atoms with Crippen LogP contribution < -0.4 is 5.32 Å². The first-order valence-corrected chi connectivity index (χ1v) is 7.44. The minimum atomic E-state index is -0.355. The van der Waals surface area contributed by atoms with Gasteiger partial charge in [-0.25, -0.2) is 0 Å². The Balaban J connectivity index is 1.96. The van der Waals surface area contributed by atoms with Gasteiger partial charge in [0.25, 0.3) is 0 Å². The average molecular weight is 341 g/mol. The van der Waals surface area contributed by atoms with E-state index in [1.54, 1.807) is 6.07 Å². The molecule has 2 aromatic rings. The van der Waals surface area contributed by atoms with E-state index < -0.39 is 0 Å². The first-order chi connectivity index (χ1) is 9.06. The van der Waals surface area contributed by atoms with Crippen molar-refractivity contribution in [3.05, 3.63) is 61.4 Å². The van der Waals surface area contributed by atoms with Gasteiger partial charge in [0, 0.05) is 28.5 Å². The lowest BCUT2D eigenvalue weighted by Crippen LogP contribution is -2.17. The number of hydrogen-bond donors (Lipinski definition) is 1. The van der Waals surface area contributed by atoms with Crippen molar-refractivity contribution in [1.82, 2.24) is 5.32 Å². The molecular formula is C13H13BrN2O2S. The zero-order valence-electron chi connectivity index (χ0n) is 10.3. The van der Waals surface area contributed by atoms with Gasteiger partial charge in [-0.3, -0.25) is 10.1 Å². The topological polar surface area (TPSA) is 55.2 Å². The van der Waals surface area contributed by atoms with Gasteiger partial charge in [-0.05, 0) is 30.2 Å². The number of halogens is 1. The molecule has 0 spiro atoms. The molecule has 0 saturated heterocycles. The van der Waals surface area contributed by atoms with Crippen LogP contribution in [0.5, 0.6) is 0 Å². The third kappa shape index (κ3) is 3.86. The van der Waals surface area contributed by atoms with Crippen LogP contribution in [-0.2, 0) is 6.54 Å². The summed E-state index contributed by atoms with van der Waals surface area (Å²) in [4.78, 5) is 10.2. The summed E-state index contributed by atoms with van der Waals surface area (Å²) in [5.41, 5.74) is 2.12. The third-order valence-corrected chi connectivity index (χ3v) is 4.20. The molecule has 1 aromatic heterocycles. The lowest BCUT2D eigenvalue weighted by atomic mass is 10.1. The van der Waals surface area contributed by atoms with E-state index in [4.69, 9.17) is 0 Å². The number of rotatable bonds is 5. The van der Waals surface area contributed by atoms with Crippen LogP contribution in [-0.4, -0.2) is 4.92 Å². The number of hydrogen-bond acceptors (Lipinski definition) is 4. The molecule has 0 saturated carbocycles. The summed E-state index contributed by atoms with van der Waals surface area (Å²) in [7, 11) is 0. The highest BCUT2D eigenvalue weighted by Crippen LogP contribution is 2.23. The van der Waals surface area contributed by atoms with Crippen molar-refractivity contribution >= 4 is 32.3 Å². The van der Waals surface area contributed by atoms with Crippen LogP contribution in [0, 0.1) is 10.1 Å². The van der Waals surface area contributed by atoms with Crippen molar-refractivity contribution in [2.45, 2.75) is 19.5 Å². The molecule has 6 heteroatoms. The summed E-state index contributed by atoms with van der Waals surface area (Å²) in [6.07, 6.45) is 0. The Labute approximate surface area is 123 Å². The van der Waals surface area contributed by atoms with E-state index in [0.29, 0.717) is 6.54 Å². The fourth-order valence-corrected chi connectivity index (χ4v) is 2.86. The van der Waals surface area contributed by atoms with Gasteiger partial charge in [-0.2, -0.15) is 0 Å². The van der Waals surface area contributed by atoms with Gasteiger partial charge in [-0.15, -0.1) is 0 Å². The molecule has 2 rings (SSSR count). The first-order valence-electron chi connectivity index (χ1n) is 5.77. The summed E-state index contributed by atoms with van der Waals surface area (Å²) in [6.45, 7) is 2.70. The van der Waals surface area contributed by atoms with E-state index >= 15 is 0 Å². The maximum atomic E-state index is 10.6. The van der Waals surface area contributed by atoms with E-state index in [2.05, 4.69) is 40.3 Å². The van der Waals surface area contributed by atoms with Gasteiger partial charge in [0.05, 0.1) is 4.92 Å². The quantitative estimate of drug-likeness (QED) is 0.653. The van der Waals surface area contributed by atoms with Gasteiger partial charge in [-0.1, -0.05) is 39.4 Å². The molecule has 0 amide bonds. The molecule has 0 bridgehead atoms. The van der Waals surface area contributed by atoms with Crippen molar-refractivity contribution in [2.24, 2.45) is 0 Å². The zero-order chi connectivity index (χ0) is 13.8. The van der Waals surface area contributed by atoms with Gasteiger partial charge < -0.3 is 5.32 Å². The summed E-state index contributed by atoms with van der Waals surface area (Å²) < 4.78 is 1.05. The van der Waals surface area contributed by atoms with Crippen molar-refractivity contribution in [2.75, 3.05) is 0 Å². The number of nitrogens with zero attached hydrogens (tertiary/aromatic N) is 1. The Bertz CT molecular complexity index is 586. The van der Waals surface area contributed by atoms with E-state index in [1.165, 1.54) is 5.56 Å². The van der Waals surface area contributed by atoms with Crippen LogP contribution in [0.3, 0.4) is 0 Å². The number of nitrogens with one attached hydrogen (secondary N) is 1. The highest BCUT2D eigenvalue weighted by atomic mass is 79.9. The van der Waals surface area contributed by atoms with Crippen molar-refractivity contribution in [1.29, 1.82) is 0 Å². The Morgan fingerprint density at radius 1 is 1.47 bits per heavy atom. The maximum absolute atomic E-state index is 10.6. The molecule has 1 aromatic carbocycles. The summed E-state index contributed by atoms with van der Waals surface area (Å²) in [5.74, 6) is 0. The zero-order valence-corrected chi connectivity index (χ0v) is 12.7. The Morgan fingerprint density at radius 3 is 2.89 bits per heavy atom. The second-order valence-electron chi connectivity index (χ2n) is 4.21. The molecule has 1 atom stereocenters. The minimum Gasteiger partial charge on any atom is -0.306 e. The summed E-state index contributed by atoms with van der Waals surface area (Å²) >= 11 is 4.61. The largest absolute Gasteiger partial charge is 0.324 e. The molecule has 1 unspecified atom stereocenters. The van der Waals surface area contributed by atoms with E-state index in [1.807, 2.05) is 17.5 Å². The third-order valence-electron chi connectivity index (χ3n) is 2.78. The highest BCUT2D eigenvalue weighted by molar-refractivity contribution is 9.10. The van der Waals surface area contributed by atoms with Crippen molar-refractivity contribution < 1.29 is 4.92 Å². The molecule has 0 fully saturated rings. The first kappa shape index (κ1) is 14.2. The van der Waals surface area contributed by atoms with Crippen molar-refractivity contribution in [3.63, 3.8) is 0 Å². The average Bonchev–Trinajstić information content (AvgIpc) is 2.85. The molecule has 4 nitrogen and oxygen atoms in total. The van der Waals surface area contributed by atoms with Gasteiger partial charge >= 0.3 is 5.00 Å². The highest BCUT2D eigenvalue weighted by Gasteiger charge is 2.11. The molecule has 0 aliphatic carbocycles. The maximum Gasteiger partial charge on any atom is 0.324 e. The second-order valence-corrected chi connectivity index (χ2v) is 6.01. The van der Waals surface area contributed by atoms with Gasteiger partial charge in [0.1, 0.15) is 0 Å². The molecule has 0 aliphatic rings. The van der Waals surface area contributed by atoms with Crippen molar-refractivity contribution in [3.8, 4) is 0 Å². The summed E-state index contributed by atoms with van der Waals surface area (Å²) in [6, 6.07) is 9.90. The van der Waals surface area contributed by atoms with Crippen LogP contribution in [0.25, 0.3) is 0 Å². The number of benzene rings is 1. The predicted molar refractivity (Wildman–Crippen MR) is 80.4 cm³/mol. The van der Waals surface area contributed by atoms with E-state index in [-0.39, 0.29) is 16.0 Å². The predicted octanol–water partition coefficient (Wildman–Crippen LogP) is 4.27. The molecule has 19 heavy (non-hydrogen) atoms. The second kappa shape index (κ2) is 6.27. The molecule has 0 radical (unpaired) electrons. The lowest BCUT2D eigenvalue weighted by molar-refractivity contribution is -0.380. The van der Waals surface area contributed by atoms with Gasteiger partial charge in [0.15, 0.2) is 0 Å². The molecular weight excluding hydrogens is 328 g/mol. The Hall–Kier alpha value is -1.24. The monoisotopic (exact) mass is 340 g/mol. The molecule has 1 heterocycles. The Morgan fingerprint density at radius 2 is 2.26 bits per heavy atom. The van der Waals surface area contributed by atoms with Gasteiger partial charge in [0.2, 0.25) is 0 Å². The normalized spacial score (nSPS) is 12.3. The molecule has 1 N–H and O–H groups in total. The lowest BCUT2D eigenvalue weighted by Gasteiger charge is -2.13. The fraction of sp³-hybridized carbons (Fsp3) is 0.231. The van der Waals surface area contributed by atoms with Crippen LogP contribution in [0.2, 0.25) is 0 Å². The standard InChI is InChI=1S/C13H13BrN2O2S/c1-9(11-3-2-4-12(14)6-11)15-7-10-5-13(16(17)18)19-8-10/h2-6,8-9,15H,7H2,1H3. The van der Waals surface area contributed by atoms with Crippen LogP contribution in [0.4, 0.5) is 5.00 Å². The van der Waals surface area contributed by atoms with Crippen LogP contribution in [0.1, 0.15) is 24.1 Å². The number of thiophene rings is 1.